The number of nitrogens with zero attached hydrogens (tertiary/aromatic N) is 2. The van der Waals surface area contributed by atoms with Crippen molar-refractivity contribution < 1.29 is 4.79 Å². The minimum atomic E-state index is -0.403. The lowest BCUT2D eigenvalue weighted by Crippen LogP contribution is -2.35. The summed E-state index contributed by atoms with van der Waals surface area (Å²) in [6.07, 6.45) is 0. The SMILES string of the molecule is Cc1ccc2nc(-c3cccc(Cl)c3)n(NC(=O)c3ccccc3)c(=O)c2c1. The second-order valence-corrected chi connectivity index (χ2v) is 6.85. The fourth-order valence-electron chi connectivity index (χ4n) is 2.98. The van der Waals surface area contributed by atoms with Crippen LogP contribution in [0.1, 0.15) is 15.9 Å². The smallest absolute Gasteiger partial charge is 0.267 e. The monoisotopic (exact) mass is 389 g/mol. The molecule has 0 bridgehead atoms. The van der Waals surface area contributed by atoms with Crippen molar-refractivity contribution in [3.8, 4) is 11.4 Å². The molecule has 0 aliphatic rings. The van der Waals surface area contributed by atoms with Gasteiger partial charge in [-0.15, -0.1) is 0 Å². The van der Waals surface area contributed by atoms with Crippen molar-refractivity contribution in [3.05, 3.63) is 99.3 Å². The van der Waals surface area contributed by atoms with Gasteiger partial charge in [0.2, 0.25) is 0 Å². The van der Waals surface area contributed by atoms with Crippen LogP contribution in [-0.4, -0.2) is 15.6 Å². The maximum Gasteiger partial charge on any atom is 0.280 e. The number of hydrogen-bond acceptors (Lipinski definition) is 3. The Morgan fingerprint density at radius 3 is 2.54 bits per heavy atom. The van der Waals surface area contributed by atoms with Gasteiger partial charge in [0.25, 0.3) is 11.5 Å². The number of rotatable bonds is 3. The molecular weight excluding hydrogens is 374 g/mol. The van der Waals surface area contributed by atoms with Crippen molar-refractivity contribution in [2.24, 2.45) is 0 Å². The summed E-state index contributed by atoms with van der Waals surface area (Å²) in [4.78, 5) is 30.5. The third-order valence-electron chi connectivity index (χ3n) is 4.36. The Morgan fingerprint density at radius 2 is 1.79 bits per heavy atom. The predicted molar refractivity (Wildman–Crippen MR) is 111 cm³/mol. The van der Waals surface area contributed by atoms with E-state index in [0.717, 1.165) is 5.56 Å². The number of amides is 1. The Labute approximate surface area is 166 Å². The second-order valence-electron chi connectivity index (χ2n) is 6.41. The first-order valence-electron chi connectivity index (χ1n) is 8.69. The summed E-state index contributed by atoms with van der Waals surface area (Å²) >= 11 is 6.13. The molecule has 138 valence electrons. The first kappa shape index (κ1) is 17.9. The summed E-state index contributed by atoms with van der Waals surface area (Å²) in [7, 11) is 0. The molecule has 1 N–H and O–H groups in total. The maximum atomic E-state index is 13.2. The van der Waals surface area contributed by atoms with Gasteiger partial charge in [-0.3, -0.25) is 15.0 Å². The first-order chi connectivity index (χ1) is 13.5. The molecule has 0 spiro atoms. The van der Waals surface area contributed by atoms with E-state index in [4.69, 9.17) is 11.6 Å². The van der Waals surface area contributed by atoms with E-state index in [1.807, 2.05) is 19.1 Å². The maximum absolute atomic E-state index is 13.2. The largest absolute Gasteiger partial charge is 0.280 e. The van der Waals surface area contributed by atoms with Crippen molar-refractivity contribution in [1.29, 1.82) is 0 Å². The molecule has 4 rings (SSSR count). The van der Waals surface area contributed by atoms with Crippen molar-refractivity contribution in [2.75, 3.05) is 5.43 Å². The van der Waals surface area contributed by atoms with Crippen LogP contribution in [-0.2, 0) is 0 Å². The zero-order chi connectivity index (χ0) is 19.7. The van der Waals surface area contributed by atoms with Gasteiger partial charge in [0.05, 0.1) is 10.9 Å². The summed E-state index contributed by atoms with van der Waals surface area (Å²) < 4.78 is 1.18. The van der Waals surface area contributed by atoms with Gasteiger partial charge in [-0.25, -0.2) is 4.98 Å². The Balaban J connectivity index is 1.93. The number of benzene rings is 3. The Kier molecular flexibility index (Phi) is 4.67. The fourth-order valence-corrected chi connectivity index (χ4v) is 3.17. The minimum absolute atomic E-state index is 0.313. The number of carbonyl (C=O) groups excluding carboxylic acids is 1. The molecule has 3 aromatic carbocycles. The van der Waals surface area contributed by atoms with E-state index in [1.165, 1.54) is 4.68 Å². The topological polar surface area (TPSA) is 64.0 Å². The number of hydrogen-bond donors (Lipinski definition) is 1. The van der Waals surface area contributed by atoms with Gasteiger partial charge in [-0.2, -0.15) is 4.68 Å². The molecule has 28 heavy (non-hydrogen) atoms. The molecule has 0 radical (unpaired) electrons. The molecule has 0 saturated heterocycles. The van der Waals surface area contributed by atoms with Gasteiger partial charge in [0, 0.05) is 16.1 Å². The summed E-state index contributed by atoms with van der Waals surface area (Å²) in [6.45, 7) is 1.90. The van der Waals surface area contributed by atoms with Gasteiger partial charge in [-0.05, 0) is 43.3 Å². The Morgan fingerprint density at radius 1 is 1.00 bits per heavy atom. The molecule has 0 aliphatic carbocycles. The van der Waals surface area contributed by atoms with Gasteiger partial charge in [-0.1, -0.05) is 53.6 Å². The van der Waals surface area contributed by atoms with E-state index in [-0.39, 0.29) is 5.56 Å². The number of carbonyl (C=O) groups is 1. The van der Waals surface area contributed by atoms with Crippen molar-refractivity contribution in [3.63, 3.8) is 0 Å². The lowest BCUT2D eigenvalue weighted by atomic mass is 10.1. The van der Waals surface area contributed by atoms with E-state index in [1.54, 1.807) is 60.7 Å². The molecule has 0 unspecified atom stereocenters. The molecule has 0 saturated carbocycles. The molecule has 6 heteroatoms. The summed E-state index contributed by atoms with van der Waals surface area (Å²) in [6, 6.07) is 21.1. The first-order valence-corrected chi connectivity index (χ1v) is 9.06. The molecule has 1 amide bonds. The summed E-state index contributed by atoms with van der Waals surface area (Å²) in [5.74, 6) is -0.0899. The Bertz CT molecular complexity index is 1250. The predicted octanol–water partition coefficient (Wildman–Crippen LogP) is 4.41. The molecule has 1 aromatic heterocycles. The number of aromatic nitrogens is 2. The summed E-state index contributed by atoms with van der Waals surface area (Å²) in [5.41, 5.74) is 4.88. The molecule has 0 atom stereocenters. The van der Waals surface area contributed by atoms with Gasteiger partial charge < -0.3 is 0 Å². The van der Waals surface area contributed by atoms with E-state index < -0.39 is 5.91 Å². The van der Waals surface area contributed by atoms with Crippen LogP contribution in [0.4, 0.5) is 0 Å². The van der Waals surface area contributed by atoms with E-state index in [2.05, 4.69) is 10.4 Å². The fraction of sp³-hybridized carbons (Fsp3) is 0.0455. The van der Waals surface area contributed by atoms with Crippen molar-refractivity contribution in [2.45, 2.75) is 6.92 Å². The van der Waals surface area contributed by atoms with Crippen LogP contribution in [0.15, 0.2) is 77.6 Å². The average Bonchev–Trinajstić information content (AvgIpc) is 2.71. The van der Waals surface area contributed by atoms with E-state index >= 15 is 0 Å². The Hall–Kier alpha value is -3.44. The zero-order valence-corrected chi connectivity index (χ0v) is 15.8. The molecular formula is C22H16ClN3O2. The number of halogens is 1. The van der Waals surface area contributed by atoms with E-state index in [0.29, 0.717) is 32.9 Å². The van der Waals surface area contributed by atoms with Crippen molar-refractivity contribution >= 4 is 28.4 Å². The van der Waals surface area contributed by atoms with Gasteiger partial charge in [0.15, 0.2) is 5.82 Å². The van der Waals surface area contributed by atoms with Gasteiger partial charge >= 0.3 is 0 Å². The van der Waals surface area contributed by atoms with Gasteiger partial charge in [0.1, 0.15) is 0 Å². The van der Waals surface area contributed by atoms with E-state index in [9.17, 15) is 9.59 Å². The van der Waals surface area contributed by atoms with Crippen LogP contribution >= 0.6 is 11.6 Å². The highest BCUT2D eigenvalue weighted by atomic mass is 35.5. The van der Waals surface area contributed by atoms with Crippen LogP contribution in [0.25, 0.3) is 22.3 Å². The second kappa shape index (κ2) is 7.29. The molecule has 0 fully saturated rings. The number of aryl methyl sites for hydroxylation is 1. The van der Waals surface area contributed by atoms with Crippen LogP contribution in [0, 0.1) is 6.92 Å². The zero-order valence-electron chi connectivity index (χ0n) is 15.0. The minimum Gasteiger partial charge on any atom is -0.267 e. The lowest BCUT2D eigenvalue weighted by molar-refractivity contribution is 0.101. The summed E-state index contributed by atoms with van der Waals surface area (Å²) in [5, 5.41) is 0.941. The molecule has 4 aromatic rings. The van der Waals surface area contributed by atoms with Crippen LogP contribution in [0.3, 0.4) is 0 Å². The normalized spacial score (nSPS) is 10.8. The number of nitrogens with one attached hydrogen (secondary N) is 1. The van der Waals surface area contributed by atoms with Crippen LogP contribution in [0.2, 0.25) is 5.02 Å². The highest BCUT2D eigenvalue weighted by Crippen LogP contribution is 2.22. The van der Waals surface area contributed by atoms with Crippen LogP contribution < -0.4 is 11.0 Å². The average molecular weight is 390 g/mol. The third kappa shape index (κ3) is 3.40. The molecule has 1 heterocycles. The highest BCUT2D eigenvalue weighted by Gasteiger charge is 2.16. The molecule has 0 aliphatic heterocycles. The number of fused-ring (bicyclic) bond motifs is 1. The quantitative estimate of drug-likeness (QED) is 0.564. The standard InChI is InChI=1S/C22H16ClN3O2/c1-14-10-11-19-18(12-14)22(28)26(25-21(27)15-6-3-2-4-7-15)20(24-19)16-8-5-9-17(23)13-16/h2-13H,1H3,(H,25,27). The third-order valence-corrected chi connectivity index (χ3v) is 4.59. The van der Waals surface area contributed by atoms with Crippen LogP contribution in [0.5, 0.6) is 0 Å². The molecule has 5 nitrogen and oxygen atoms in total. The lowest BCUT2D eigenvalue weighted by Gasteiger charge is -2.15. The van der Waals surface area contributed by atoms with Crippen molar-refractivity contribution in [1.82, 2.24) is 9.66 Å². The highest BCUT2D eigenvalue weighted by molar-refractivity contribution is 6.30.